The van der Waals surface area contributed by atoms with Crippen LogP contribution in [0.1, 0.15) is 17.5 Å². The fourth-order valence-electron chi connectivity index (χ4n) is 3.55. The van der Waals surface area contributed by atoms with Gasteiger partial charge in [-0.2, -0.15) is 23.4 Å². The van der Waals surface area contributed by atoms with E-state index in [1.165, 1.54) is 12.3 Å². The van der Waals surface area contributed by atoms with Crippen molar-refractivity contribution in [2.75, 3.05) is 23.8 Å². The zero-order valence-electron chi connectivity index (χ0n) is 15.9. The maximum atomic E-state index is 13.5. The fraction of sp³-hybridized carbons (Fsp3) is 0.389. The van der Waals surface area contributed by atoms with Gasteiger partial charge < -0.3 is 25.0 Å². The van der Waals surface area contributed by atoms with Gasteiger partial charge in [0.25, 0.3) is 0 Å². The molecule has 2 aliphatic heterocycles. The number of hydrogen-bond donors (Lipinski definition) is 3. The molecule has 0 aliphatic carbocycles. The van der Waals surface area contributed by atoms with Crippen molar-refractivity contribution in [2.45, 2.75) is 25.2 Å². The Hall–Kier alpha value is -2.59. The van der Waals surface area contributed by atoms with Gasteiger partial charge >= 0.3 is 13.3 Å². The van der Waals surface area contributed by atoms with Crippen LogP contribution in [0.15, 0.2) is 18.3 Å². The SMILES string of the molecule is N#C[C@H]1CCOCC1Nc1nc(Nc2cc3c(c(C(F)(F)F)c2)B(O)OC3)ncc1Cl. The summed E-state index contributed by atoms with van der Waals surface area (Å²) in [6.45, 7) is 0.628. The molecule has 1 saturated heterocycles. The van der Waals surface area contributed by atoms with Gasteiger partial charge in [0.2, 0.25) is 5.95 Å². The monoisotopic (exact) mass is 453 g/mol. The van der Waals surface area contributed by atoms with Crippen LogP contribution in [-0.4, -0.2) is 41.4 Å². The van der Waals surface area contributed by atoms with Gasteiger partial charge in [0, 0.05) is 17.8 Å². The Bertz CT molecular complexity index is 1040. The van der Waals surface area contributed by atoms with Gasteiger partial charge in [0.05, 0.1) is 43.0 Å². The van der Waals surface area contributed by atoms with Crippen LogP contribution in [0.2, 0.25) is 5.02 Å². The molecule has 2 aliphatic rings. The second-order valence-electron chi connectivity index (χ2n) is 7.12. The minimum absolute atomic E-state index is 0.00433. The molecule has 162 valence electrons. The first-order valence-electron chi connectivity index (χ1n) is 9.33. The second-order valence-corrected chi connectivity index (χ2v) is 7.53. The molecule has 8 nitrogen and oxygen atoms in total. The van der Waals surface area contributed by atoms with E-state index in [1.54, 1.807) is 0 Å². The van der Waals surface area contributed by atoms with Crippen LogP contribution in [0.4, 0.5) is 30.6 Å². The van der Waals surface area contributed by atoms with Crippen molar-refractivity contribution in [2.24, 2.45) is 5.92 Å². The largest absolute Gasteiger partial charge is 0.492 e. The number of nitrogens with zero attached hydrogens (tertiary/aromatic N) is 3. The molecule has 1 aromatic carbocycles. The number of halogens is 4. The van der Waals surface area contributed by atoms with E-state index in [-0.39, 0.29) is 52.1 Å². The highest BCUT2D eigenvalue weighted by Crippen LogP contribution is 2.34. The summed E-state index contributed by atoms with van der Waals surface area (Å²) in [6.07, 6.45) is -2.82. The number of alkyl halides is 3. The van der Waals surface area contributed by atoms with E-state index in [0.717, 1.165) is 6.07 Å². The summed E-state index contributed by atoms with van der Waals surface area (Å²) < 4.78 is 50.8. The number of rotatable bonds is 4. The topological polar surface area (TPSA) is 112 Å². The Morgan fingerprint density at radius 1 is 1.35 bits per heavy atom. The van der Waals surface area contributed by atoms with Gasteiger partial charge in [-0.3, -0.25) is 0 Å². The van der Waals surface area contributed by atoms with Crippen LogP contribution in [-0.2, 0) is 22.2 Å². The summed E-state index contributed by atoms with van der Waals surface area (Å²) >= 11 is 6.16. The lowest BCUT2D eigenvalue weighted by molar-refractivity contribution is -0.136. The van der Waals surface area contributed by atoms with Gasteiger partial charge in [0.15, 0.2) is 5.82 Å². The Kier molecular flexibility index (Phi) is 5.94. The maximum Gasteiger partial charge on any atom is 0.492 e. The average molecular weight is 454 g/mol. The van der Waals surface area contributed by atoms with Crippen molar-refractivity contribution in [3.8, 4) is 6.07 Å². The Labute approximate surface area is 180 Å². The highest BCUT2D eigenvalue weighted by atomic mass is 35.5. The number of fused-ring (bicyclic) bond motifs is 1. The first-order valence-corrected chi connectivity index (χ1v) is 9.71. The molecular formula is C18H16BClF3N5O3. The van der Waals surface area contributed by atoms with E-state index in [4.69, 9.17) is 21.0 Å². The molecule has 2 atom stereocenters. The standard InChI is InChI=1S/C18H16BClF3N5O3/c20-13-6-25-17(28-16(13)27-14-8-30-2-1-9(14)5-24)26-11-3-10-7-31-19(29)15(10)12(4-11)18(21,22)23/h3-4,6,9,14,29H,1-2,7-8H2,(H2,25,26,27,28)/t9-,14?/m1/s1. The minimum atomic E-state index is -4.68. The molecule has 1 fully saturated rings. The van der Waals surface area contributed by atoms with Gasteiger partial charge in [-0.15, -0.1) is 0 Å². The smallest absolute Gasteiger partial charge is 0.423 e. The van der Waals surface area contributed by atoms with Crippen LogP contribution in [0.3, 0.4) is 0 Å². The molecule has 13 heteroatoms. The second kappa shape index (κ2) is 8.51. The van der Waals surface area contributed by atoms with Crippen LogP contribution in [0.25, 0.3) is 0 Å². The molecule has 4 rings (SSSR count). The third-order valence-electron chi connectivity index (χ3n) is 5.06. The molecule has 0 saturated carbocycles. The number of anilines is 3. The van der Waals surface area contributed by atoms with E-state index < -0.39 is 18.9 Å². The quantitative estimate of drug-likeness (QED) is 0.605. The lowest BCUT2D eigenvalue weighted by Gasteiger charge is -2.28. The summed E-state index contributed by atoms with van der Waals surface area (Å²) in [4.78, 5) is 8.25. The van der Waals surface area contributed by atoms with Crippen molar-refractivity contribution in [3.63, 3.8) is 0 Å². The number of nitriles is 1. The summed E-state index contributed by atoms with van der Waals surface area (Å²) in [7, 11) is -1.63. The summed E-state index contributed by atoms with van der Waals surface area (Å²) in [5, 5.41) is 25.0. The molecule has 0 bridgehead atoms. The summed E-state index contributed by atoms with van der Waals surface area (Å²) in [5.41, 5.74) is -1.00. The van der Waals surface area contributed by atoms with E-state index in [1.807, 2.05) is 0 Å². The third kappa shape index (κ3) is 4.55. The Morgan fingerprint density at radius 3 is 2.90 bits per heavy atom. The lowest BCUT2D eigenvalue weighted by atomic mass is 9.75. The average Bonchev–Trinajstić information content (AvgIpc) is 3.10. The first kappa shape index (κ1) is 21.6. The van der Waals surface area contributed by atoms with Crippen LogP contribution in [0.5, 0.6) is 0 Å². The van der Waals surface area contributed by atoms with Gasteiger partial charge in [-0.1, -0.05) is 11.6 Å². The molecule has 3 heterocycles. The van der Waals surface area contributed by atoms with E-state index in [2.05, 4.69) is 26.7 Å². The molecule has 31 heavy (non-hydrogen) atoms. The number of hydrogen-bond acceptors (Lipinski definition) is 8. The Balaban J connectivity index is 1.61. The lowest BCUT2D eigenvalue weighted by Crippen LogP contribution is -2.38. The van der Waals surface area contributed by atoms with E-state index in [9.17, 15) is 23.5 Å². The molecule has 1 aromatic heterocycles. The van der Waals surface area contributed by atoms with Crippen LogP contribution < -0.4 is 16.1 Å². The van der Waals surface area contributed by atoms with Crippen LogP contribution in [0, 0.1) is 17.2 Å². The summed E-state index contributed by atoms with van der Waals surface area (Å²) in [5.74, 6) is -0.0655. The number of nitrogens with one attached hydrogen (secondary N) is 2. The normalized spacial score (nSPS) is 20.8. The molecule has 0 amide bonds. The summed E-state index contributed by atoms with van der Waals surface area (Å²) in [6, 6.07) is 4.17. The van der Waals surface area contributed by atoms with Gasteiger partial charge in [-0.05, 0) is 24.1 Å². The molecule has 3 N–H and O–H groups in total. The van der Waals surface area contributed by atoms with Crippen molar-refractivity contribution < 1.29 is 27.6 Å². The Morgan fingerprint density at radius 2 is 2.16 bits per heavy atom. The van der Waals surface area contributed by atoms with Gasteiger partial charge in [-0.25, -0.2) is 4.98 Å². The maximum absolute atomic E-state index is 13.5. The van der Waals surface area contributed by atoms with Gasteiger partial charge in [0.1, 0.15) is 5.02 Å². The minimum Gasteiger partial charge on any atom is -0.423 e. The highest BCUT2D eigenvalue weighted by Gasteiger charge is 2.41. The molecule has 0 radical (unpaired) electrons. The zero-order valence-corrected chi connectivity index (χ0v) is 16.7. The number of aromatic nitrogens is 2. The molecule has 0 spiro atoms. The van der Waals surface area contributed by atoms with Crippen molar-refractivity contribution in [1.29, 1.82) is 5.26 Å². The molecular weight excluding hydrogens is 437 g/mol. The fourth-order valence-corrected chi connectivity index (χ4v) is 3.70. The predicted octanol–water partition coefficient (Wildman–Crippen LogP) is 2.45. The van der Waals surface area contributed by atoms with Crippen molar-refractivity contribution in [3.05, 3.63) is 34.5 Å². The zero-order chi connectivity index (χ0) is 22.2. The predicted molar refractivity (Wildman–Crippen MR) is 106 cm³/mol. The molecule has 2 aromatic rings. The molecule has 1 unspecified atom stereocenters. The van der Waals surface area contributed by atoms with E-state index in [0.29, 0.717) is 19.6 Å². The van der Waals surface area contributed by atoms with Crippen molar-refractivity contribution >= 4 is 41.6 Å². The van der Waals surface area contributed by atoms with E-state index >= 15 is 0 Å². The number of ether oxygens (including phenoxy) is 1. The highest BCUT2D eigenvalue weighted by molar-refractivity contribution is 6.62. The van der Waals surface area contributed by atoms with Crippen LogP contribution >= 0.6 is 11.6 Å². The number of benzene rings is 1. The third-order valence-corrected chi connectivity index (χ3v) is 5.34. The van der Waals surface area contributed by atoms with Crippen molar-refractivity contribution in [1.82, 2.24) is 9.97 Å². The first-order chi connectivity index (χ1) is 14.8.